The van der Waals surface area contributed by atoms with Crippen molar-refractivity contribution in [3.05, 3.63) is 29.0 Å². The summed E-state index contributed by atoms with van der Waals surface area (Å²) in [5, 5.41) is 3.37. The van der Waals surface area contributed by atoms with E-state index in [1.54, 1.807) is 12.1 Å². The molecule has 0 bridgehead atoms. The average molecular weight is 244 g/mol. The summed E-state index contributed by atoms with van der Waals surface area (Å²) in [5.41, 5.74) is 0.803. The lowest BCUT2D eigenvalue weighted by atomic mass is 10.1. The van der Waals surface area contributed by atoms with E-state index in [2.05, 4.69) is 12.2 Å². The number of anilines is 1. The smallest absolute Gasteiger partial charge is 0.143 e. The molecule has 1 nitrogen and oxygen atoms in total. The number of rotatable bonds is 7. The van der Waals surface area contributed by atoms with Crippen LogP contribution in [-0.4, -0.2) is 6.54 Å². The molecule has 0 heterocycles. The molecule has 0 fully saturated rings. The van der Waals surface area contributed by atoms with E-state index in [-0.39, 0.29) is 10.8 Å². The third-order valence-corrected chi connectivity index (χ3v) is 2.84. The Morgan fingerprint density at radius 1 is 1.19 bits per heavy atom. The van der Waals surface area contributed by atoms with Crippen molar-refractivity contribution in [1.29, 1.82) is 0 Å². The van der Waals surface area contributed by atoms with Crippen LogP contribution in [0.25, 0.3) is 0 Å². The number of benzene rings is 1. The third-order valence-electron chi connectivity index (χ3n) is 2.53. The van der Waals surface area contributed by atoms with Crippen LogP contribution in [0.15, 0.2) is 18.2 Å². The molecule has 0 saturated heterocycles. The van der Waals surface area contributed by atoms with Crippen molar-refractivity contribution >= 4 is 17.3 Å². The summed E-state index contributed by atoms with van der Waals surface area (Å²) >= 11 is 5.60. The molecule has 1 rings (SSSR count). The van der Waals surface area contributed by atoms with Crippen molar-refractivity contribution < 1.29 is 4.39 Å². The molecule has 1 aromatic carbocycles. The van der Waals surface area contributed by atoms with Crippen LogP contribution in [0.4, 0.5) is 10.1 Å². The summed E-state index contributed by atoms with van der Waals surface area (Å²) in [7, 11) is 0. The monoisotopic (exact) mass is 243 g/mol. The quantitative estimate of drug-likeness (QED) is 0.675. The van der Waals surface area contributed by atoms with Gasteiger partial charge in [-0.2, -0.15) is 0 Å². The molecular formula is C13H19ClFN. The van der Waals surface area contributed by atoms with E-state index in [0.29, 0.717) is 0 Å². The highest BCUT2D eigenvalue weighted by molar-refractivity contribution is 6.30. The molecule has 1 N–H and O–H groups in total. The van der Waals surface area contributed by atoms with Gasteiger partial charge in [-0.15, -0.1) is 0 Å². The van der Waals surface area contributed by atoms with Crippen molar-refractivity contribution in [1.82, 2.24) is 0 Å². The van der Waals surface area contributed by atoms with E-state index < -0.39 is 0 Å². The predicted octanol–water partition coefficient (Wildman–Crippen LogP) is 4.86. The van der Waals surface area contributed by atoms with Gasteiger partial charge in [-0.1, -0.05) is 44.2 Å². The van der Waals surface area contributed by atoms with Crippen LogP contribution in [0.3, 0.4) is 0 Å². The van der Waals surface area contributed by atoms with Gasteiger partial charge in [0.15, 0.2) is 0 Å². The predicted molar refractivity (Wildman–Crippen MR) is 68.7 cm³/mol. The van der Waals surface area contributed by atoms with E-state index in [4.69, 9.17) is 11.6 Å². The van der Waals surface area contributed by atoms with Gasteiger partial charge in [0, 0.05) is 12.2 Å². The minimum Gasteiger partial charge on any atom is -0.385 e. The SMILES string of the molecule is CCCCCCCNc1ccc(Cl)c(F)c1. The fraction of sp³-hybridized carbons (Fsp3) is 0.538. The first-order valence-corrected chi connectivity index (χ1v) is 6.30. The fourth-order valence-electron chi connectivity index (χ4n) is 1.57. The van der Waals surface area contributed by atoms with Crippen molar-refractivity contribution in [3.63, 3.8) is 0 Å². The Kier molecular flexibility index (Phi) is 6.24. The Morgan fingerprint density at radius 3 is 2.62 bits per heavy atom. The molecule has 1 aromatic rings. The number of unbranched alkanes of at least 4 members (excludes halogenated alkanes) is 4. The molecule has 0 aliphatic rings. The van der Waals surface area contributed by atoms with Gasteiger partial charge in [-0.25, -0.2) is 4.39 Å². The normalized spacial score (nSPS) is 10.4. The van der Waals surface area contributed by atoms with Crippen LogP contribution in [0.2, 0.25) is 5.02 Å². The van der Waals surface area contributed by atoms with Crippen LogP contribution < -0.4 is 5.32 Å². The Balaban J connectivity index is 2.19. The minimum absolute atomic E-state index is 0.175. The molecule has 0 radical (unpaired) electrons. The van der Waals surface area contributed by atoms with E-state index in [0.717, 1.165) is 18.7 Å². The van der Waals surface area contributed by atoms with Crippen LogP contribution >= 0.6 is 11.6 Å². The second-order valence-corrected chi connectivity index (χ2v) is 4.38. The van der Waals surface area contributed by atoms with Crippen molar-refractivity contribution in [2.75, 3.05) is 11.9 Å². The number of hydrogen-bond acceptors (Lipinski definition) is 1. The number of hydrogen-bond donors (Lipinski definition) is 1. The van der Waals surface area contributed by atoms with Crippen LogP contribution in [0.5, 0.6) is 0 Å². The van der Waals surface area contributed by atoms with Gasteiger partial charge < -0.3 is 5.32 Å². The largest absolute Gasteiger partial charge is 0.385 e. The second kappa shape index (κ2) is 7.50. The molecule has 0 aromatic heterocycles. The number of nitrogens with one attached hydrogen (secondary N) is 1. The first-order chi connectivity index (χ1) is 7.74. The molecule has 0 spiro atoms. The zero-order valence-corrected chi connectivity index (χ0v) is 10.5. The fourth-order valence-corrected chi connectivity index (χ4v) is 1.68. The molecule has 0 unspecified atom stereocenters. The maximum Gasteiger partial charge on any atom is 0.143 e. The standard InChI is InChI=1S/C13H19ClFN/c1-2-3-4-5-6-9-16-11-7-8-12(14)13(15)10-11/h7-8,10,16H,2-6,9H2,1H3. The summed E-state index contributed by atoms with van der Waals surface area (Å²) in [6.07, 6.45) is 6.21. The third kappa shape index (κ3) is 4.84. The molecule has 0 aliphatic carbocycles. The van der Waals surface area contributed by atoms with Gasteiger partial charge in [0.25, 0.3) is 0 Å². The highest BCUT2D eigenvalue weighted by Crippen LogP contribution is 2.18. The van der Waals surface area contributed by atoms with Gasteiger partial charge in [0.2, 0.25) is 0 Å². The van der Waals surface area contributed by atoms with E-state index in [1.165, 1.54) is 31.7 Å². The topological polar surface area (TPSA) is 12.0 Å². The van der Waals surface area contributed by atoms with Gasteiger partial charge in [0.05, 0.1) is 5.02 Å². The highest BCUT2D eigenvalue weighted by Gasteiger charge is 1.99. The minimum atomic E-state index is -0.363. The van der Waals surface area contributed by atoms with Crippen molar-refractivity contribution in [2.45, 2.75) is 39.0 Å². The lowest BCUT2D eigenvalue weighted by Gasteiger charge is -2.06. The lowest BCUT2D eigenvalue weighted by Crippen LogP contribution is -2.01. The van der Waals surface area contributed by atoms with Crippen LogP contribution in [-0.2, 0) is 0 Å². The molecule has 16 heavy (non-hydrogen) atoms. The lowest BCUT2D eigenvalue weighted by molar-refractivity contribution is 0.627. The van der Waals surface area contributed by atoms with Crippen LogP contribution in [0, 0.1) is 5.82 Å². The molecule has 3 heteroatoms. The second-order valence-electron chi connectivity index (χ2n) is 3.97. The van der Waals surface area contributed by atoms with Crippen molar-refractivity contribution in [3.8, 4) is 0 Å². The maximum absolute atomic E-state index is 13.1. The molecule has 0 saturated carbocycles. The number of halogens is 2. The Labute approximate surface area is 102 Å². The molecule has 0 aliphatic heterocycles. The summed E-state index contributed by atoms with van der Waals surface area (Å²) in [5.74, 6) is -0.363. The van der Waals surface area contributed by atoms with E-state index in [9.17, 15) is 4.39 Å². The summed E-state index contributed by atoms with van der Waals surface area (Å²) in [6.45, 7) is 3.10. The van der Waals surface area contributed by atoms with E-state index >= 15 is 0 Å². The average Bonchev–Trinajstić information content (AvgIpc) is 2.28. The maximum atomic E-state index is 13.1. The van der Waals surface area contributed by atoms with Gasteiger partial charge >= 0.3 is 0 Å². The zero-order chi connectivity index (χ0) is 11.8. The highest BCUT2D eigenvalue weighted by atomic mass is 35.5. The zero-order valence-electron chi connectivity index (χ0n) is 9.73. The summed E-state index contributed by atoms with van der Waals surface area (Å²) < 4.78 is 13.1. The first kappa shape index (κ1) is 13.3. The van der Waals surface area contributed by atoms with Gasteiger partial charge in [-0.3, -0.25) is 0 Å². The summed E-state index contributed by atoms with van der Waals surface area (Å²) in [4.78, 5) is 0. The Bertz CT molecular complexity index is 315. The van der Waals surface area contributed by atoms with Crippen LogP contribution in [0.1, 0.15) is 39.0 Å². The molecular weight excluding hydrogens is 225 g/mol. The Hall–Kier alpha value is -0.760. The molecule has 0 amide bonds. The Morgan fingerprint density at radius 2 is 1.94 bits per heavy atom. The van der Waals surface area contributed by atoms with Gasteiger partial charge in [-0.05, 0) is 24.6 Å². The summed E-state index contributed by atoms with van der Waals surface area (Å²) in [6, 6.07) is 4.82. The first-order valence-electron chi connectivity index (χ1n) is 5.93. The van der Waals surface area contributed by atoms with Crippen molar-refractivity contribution in [2.24, 2.45) is 0 Å². The molecule has 90 valence electrons. The van der Waals surface area contributed by atoms with E-state index in [1.807, 2.05) is 0 Å². The van der Waals surface area contributed by atoms with Gasteiger partial charge in [0.1, 0.15) is 5.82 Å². The molecule has 0 atom stereocenters.